The normalized spacial score (nSPS) is 21.0. The summed E-state index contributed by atoms with van der Waals surface area (Å²) in [5.74, 6) is 0.235. The molecule has 1 amide bonds. The number of likely N-dealkylation sites (tertiary alicyclic amines) is 1. The lowest BCUT2D eigenvalue weighted by Gasteiger charge is -2.41. The minimum atomic E-state index is -0.458. The van der Waals surface area contributed by atoms with Crippen LogP contribution in [0.1, 0.15) is 30.9 Å². The van der Waals surface area contributed by atoms with Crippen LogP contribution in [0.25, 0.3) is 0 Å². The molecule has 1 atom stereocenters. The summed E-state index contributed by atoms with van der Waals surface area (Å²) in [6, 6.07) is 18.7. The quantitative estimate of drug-likeness (QED) is 0.880. The summed E-state index contributed by atoms with van der Waals surface area (Å²) >= 11 is 0. The van der Waals surface area contributed by atoms with Crippen molar-refractivity contribution in [1.82, 2.24) is 4.90 Å². The number of benzene rings is 2. The van der Waals surface area contributed by atoms with Crippen LogP contribution in [0.3, 0.4) is 0 Å². The first-order chi connectivity index (χ1) is 12.0. The van der Waals surface area contributed by atoms with E-state index in [-0.39, 0.29) is 12.0 Å². The highest BCUT2D eigenvalue weighted by molar-refractivity contribution is 5.75. The van der Waals surface area contributed by atoms with Gasteiger partial charge in [0.25, 0.3) is 5.91 Å². The van der Waals surface area contributed by atoms with Crippen LogP contribution in [-0.2, 0) is 16.8 Å². The van der Waals surface area contributed by atoms with Gasteiger partial charge in [-0.3, -0.25) is 9.69 Å². The van der Waals surface area contributed by atoms with Crippen LogP contribution in [0.5, 0.6) is 5.75 Å². The Kier molecular flexibility index (Phi) is 5.39. The fourth-order valence-electron chi connectivity index (χ4n) is 3.70. The number of primary amides is 1. The predicted octanol–water partition coefficient (Wildman–Crippen LogP) is 3.10. The number of hydrogen-bond acceptors (Lipinski definition) is 3. The first-order valence-electron chi connectivity index (χ1n) is 8.83. The smallest absolute Gasteiger partial charge is 0.255 e. The molecule has 0 aromatic heterocycles. The van der Waals surface area contributed by atoms with Crippen molar-refractivity contribution < 1.29 is 9.53 Å². The Hall–Kier alpha value is -2.33. The van der Waals surface area contributed by atoms with E-state index in [9.17, 15) is 4.79 Å². The summed E-state index contributed by atoms with van der Waals surface area (Å²) in [5.41, 5.74) is 7.94. The first kappa shape index (κ1) is 17.5. The molecule has 1 heterocycles. The maximum atomic E-state index is 10.9. The molecule has 1 aliphatic heterocycles. The third kappa shape index (κ3) is 4.60. The second-order valence-corrected chi connectivity index (χ2v) is 7.14. The van der Waals surface area contributed by atoms with Gasteiger partial charge in [-0.2, -0.15) is 0 Å². The number of rotatable bonds is 6. The van der Waals surface area contributed by atoms with Gasteiger partial charge in [0.2, 0.25) is 0 Å². The maximum Gasteiger partial charge on any atom is 0.255 e. The number of carbonyl (C=O) groups is 1. The van der Waals surface area contributed by atoms with E-state index >= 15 is 0 Å². The van der Waals surface area contributed by atoms with Crippen molar-refractivity contribution in [2.75, 3.05) is 19.7 Å². The molecular weight excluding hydrogens is 312 g/mol. The molecule has 25 heavy (non-hydrogen) atoms. The summed E-state index contributed by atoms with van der Waals surface area (Å²) in [4.78, 5) is 13.4. The second kappa shape index (κ2) is 7.70. The summed E-state index contributed by atoms with van der Waals surface area (Å²) in [6.45, 7) is 5.31. The van der Waals surface area contributed by atoms with E-state index in [0.717, 1.165) is 19.6 Å². The number of nitrogens with two attached hydrogens (primary N) is 1. The Morgan fingerprint density at radius 3 is 2.76 bits per heavy atom. The van der Waals surface area contributed by atoms with Gasteiger partial charge in [0.1, 0.15) is 5.75 Å². The molecule has 2 aromatic carbocycles. The molecule has 0 aliphatic carbocycles. The van der Waals surface area contributed by atoms with Gasteiger partial charge in [-0.05, 0) is 42.6 Å². The van der Waals surface area contributed by atoms with E-state index in [1.807, 2.05) is 18.2 Å². The van der Waals surface area contributed by atoms with Crippen LogP contribution in [0.2, 0.25) is 0 Å². The van der Waals surface area contributed by atoms with E-state index in [4.69, 9.17) is 10.5 Å². The van der Waals surface area contributed by atoms with Crippen LogP contribution in [0.15, 0.2) is 54.6 Å². The Morgan fingerprint density at radius 2 is 2.00 bits per heavy atom. The highest BCUT2D eigenvalue weighted by Crippen LogP contribution is 2.34. The van der Waals surface area contributed by atoms with Gasteiger partial charge in [-0.25, -0.2) is 0 Å². The fourth-order valence-corrected chi connectivity index (χ4v) is 3.70. The van der Waals surface area contributed by atoms with Gasteiger partial charge >= 0.3 is 0 Å². The van der Waals surface area contributed by atoms with Gasteiger partial charge < -0.3 is 10.5 Å². The van der Waals surface area contributed by atoms with Crippen molar-refractivity contribution in [3.05, 3.63) is 65.7 Å². The van der Waals surface area contributed by atoms with Crippen molar-refractivity contribution in [3.8, 4) is 5.75 Å². The average Bonchev–Trinajstić information content (AvgIpc) is 2.61. The van der Waals surface area contributed by atoms with E-state index in [2.05, 4.69) is 48.2 Å². The van der Waals surface area contributed by atoms with Crippen LogP contribution >= 0.6 is 0 Å². The monoisotopic (exact) mass is 338 g/mol. The molecule has 1 fully saturated rings. The molecular formula is C21H26N2O2. The zero-order chi connectivity index (χ0) is 17.7. The van der Waals surface area contributed by atoms with Gasteiger partial charge in [-0.1, -0.05) is 49.4 Å². The molecule has 1 aliphatic rings. The largest absolute Gasteiger partial charge is 0.484 e. The number of piperidine rings is 1. The topological polar surface area (TPSA) is 55.6 Å². The number of nitrogens with zero attached hydrogens (tertiary/aromatic N) is 1. The van der Waals surface area contributed by atoms with Crippen LogP contribution in [0.4, 0.5) is 0 Å². The van der Waals surface area contributed by atoms with Gasteiger partial charge in [-0.15, -0.1) is 0 Å². The molecule has 132 valence electrons. The number of amides is 1. The minimum Gasteiger partial charge on any atom is -0.484 e. The van der Waals surface area contributed by atoms with Gasteiger partial charge in [0.05, 0.1) is 0 Å². The van der Waals surface area contributed by atoms with Crippen LogP contribution in [0, 0.1) is 0 Å². The minimum absolute atomic E-state index is 0.0841. The standard InChI is InChI=1S/C21H26N2O2/c1-21(18-8-3-2-4-9-18)11-6-12-23(16-21)14-17-7-5-10-19(13-17)25-15-20(22)24/h2-5,7-10,13H,6,11-12,14-16H2,1H3,(H2,22,24). The molecule has 4 heteroatoms. The number of hydrogen-bond donors (Lipinski definition) is 1. The average molecular weight is 338 g/mol. The zero-order valence-electron chi connectivity index (χ0n) is 14.8. The summed E-state index contributed by atoms with van der Waals surface area (Å²) in [6.07, 6.45) is 2.42. The van der Waals surface area contributed by atoms with Crippen molar-refractivity contribution in [1.29, 1.82) is 0 Å². The molecule has 0 radical (unpaired) electrons. The molecule has 2 aromatic rings. The molecule has 0 spiro atoms. The van der Waals surface area contributed by atoms with Crippen LogP contribution < -0.4 is 10.5 Å². The third-order valence-electron chi connectivity index (χ3n) is 4.93. The molecule has 2 N–H and O–H groups in total. The first-order valence-corrected chi connectivity index (χ1v) is 8.83. The van der Waals surface area contributed by atoms with Crippen molar-refractivity contribution in [2.24, 2.45) is 5.73 Å². The maximum absolute atomic E-state index is 10.9. The van der Waals surface area contributed by atoms with Crippen molar-refractivity contribution in [3.63, 3.8) is 0 Å². The highest BCUT2D eigenvalue weighted by Gasteiger charge is 2.32. The molecule has 1 saturated heterocycles. The van der Waals surface area contributed by atoms with E-state index in [1.165, 1.54) is 24.0 Å². The second-order valence-electron chi connectivity index (χ2n) is 7.14. The Balaban J connectivity index is 1.67. The van der Waals surface area contributed by atoms with Crippen molar-refractivity contribution >= 4 is 5.91 Å². The fraction of sp³-hybridized carbons (Fsp3) is 0.381. The Bertz CT molecular complexity index is 717. The zero-order valence-corrected chi connectivity index (χ0v) is 14.8. The molecule has 4 nitrogen and oxygen atoms in total. The summed E-state index contributed by atoms with van der Waals surface area (Å²) < 4.78 is 5.41. The molecule has 1 unspecified atom stereocenters. The predicted molar refractivity (Wildman–Crippen MR) is 99.4 cm³/mol. The van der Waals surface area contributed by atoms with Gasteiger partial charge in [0, 0.05) is 18.5 Å². The lowest BCUT2D eigenvalue weighted by atomic mass is 9.76. The summed E-state index contributed by atoms with van der Waals surface area (Å²) in [5, 5.41) is 0. The van der Waals surface area contributed by atoms with Gasteiger partial charge in [0.15, 0.2) is 6.61 Å². The van der Waals surface area contributed by atoms with E-state index in [1.54, 1.807) is 0 Å². The van der Waals surface area contributed by atoms with E-state index in [0.29, 0.717) is 5.75 Å². The van der Waals surface area contributed by atoms with Crippen LogP contribution in [-0.4, -0.2) is 30.5 Å². The molecule has 0 bridgehead atoms. The Labute approximate surface area is 149 Å². The summed E-state index contributed by atoms with van der Waals surface area (Å²) in [7, 11) is 0. The highest BCUT2D eigenvalue weighted by atomic mass is 16.5. The lowest BCUT2D eigenvalue weighted by Crippen LogP contribution is -2.43. The van der Waals surface area contributed by atoms with Crippen molar-refractivity contribution in [2.45, 2.75) is 31.7 Å². The lowest BCUT2D eigenvalue weighted by molar-refractivity contribution is -0.119. The SMILES string of the molecule is CC1(c2ccccc2)CCCN(Cc2cccc(OCC(N)=O)c2)C1. The number of ether oxygens (including phenoxy) is 1. The number of carbonyl (C=O) groups excluding carboxylic acids is 1. The Morgan fingerprint density at radius 1 is 1.20 bits per heavy atom. The molecule has 0 saturated carbocycles. The molecule has 3 rings (SSSR count). The van der Waals surface area contributed by atoms with E-state index < -0.39 is 5.91 Å². The third-order valence-corrected chi connectivity index (χ3v) is 4.93.